The third-order valence-electron chi connectivity index (χ3n) is 4.21. The number of anilines is 1. The number of rotatable bonds is 5. The van der Waals surface area contributed by atoms with E-state index in [4.69, 9.17) is 0 Å². The molecule has 0 aliphatic rings. The molecule has 0 radical (unpaired) electrons. The van der Waals surface area contributed by atoms with Crippen molar-refractivity contribution in [3.05, 3.63) is 59.0 Å². The molecular weight excluding hydrogens is 378 g/mol. The number of hydrogen-bond donors (Lipinski definition) is 1. The molecule has 0 bridgehead atoms. The number of thiophene rings is 1. The lowest BCUT2D eigenvalue weighted by molar-refractivity contribution is -0.113. The molecule has 6 nitrogen and oxygen atoms in total. The summed E-state index contributed by atoms with van der Waals surface area (Å²) >= 11 is 2.97. The number of hydrogen-bond acceptors (Lipinski definition) is 6. The molecule has 0 atom stereocenters. The fourth-order valence-corrected chi connectivity index (χ4v) is 3.97. The number of thioether (sulfide) groups is 1. The first-order valence-corrected chi connectivity index (χ1v) is 10.2. The summed E-state index contributed by atoms with van der Waals surface area (Å²) in [7, 11) is 0. The predicted molar refractivity (Wildman–Crippen MR) is 109 cm³/mol. The molecule has 0 saturated carbocycles. The lowest BCUT2D eigenvalue weighted by Gasteiger charge is -2.10. The molecular formula is C19H17N5OS2. The molecule has 0 spiro atoms. The Bertz CT molecular complexity index is 1100. The van der Waals surface area contributed by atoms with E-state index in [-0.39, 0.29) is 11.7 Å². The fraction of sp³-hybridized carbons (Fsp3) is 0.158. The summed E-state index contributed by atoms with van der Waals surface area (Å²) in [5, 5.41) is 18.7. The highest BCUT2D eigenvalue weighted by molar-refractivity contribution is 7.99. The second-order valence-electron chi connectivity index (χ2n) is 6.03. The van der Waals surface area contributed by atoms with Crippen molar-refractivity contribution in [2.45, 2.75) is 18.9 Å². The van der Waals surface area contributed by atoms with Crippen LogP contribution < -0.4 is 5.32 Å². The zero-order chi connectivity index (χ0) is 18.8. The summed E-state index contributed by atoms with van der Waals surface area (Å²) in [4.78, 5) is 13.3. The van der Waals surface area contributed by atoms with Crippen LogP contribution in [0.25, 0.3) is 16.3 Å². The molecule has 0 unspecified atom stereocenters. The van der Waals surface area contributed by atoms with Crippen LogP contribution in [0.5, 0.6) is 0 Å². The number of aromatic nitrogens is 4. The van der Waals surface area contributed by atoms with E-state index in [1.54, 1.807) is 15.9 Å². The van der Waals surface area contributed by atoms with Gasteiger partial charge >= 0.3 is 0 Å². The Hall–Kier alpha value is -2.71. The van der Waals surface area contributed by atoms with E-state index in [1.807, 2.05) is 61.7 Å². The normalized spacial score (nSPS) is 11.0. The third kappa shape index (κ3) is 3.72. The summed E-state index contributed by atoms with van der Waals surface area (Å²) in [6, 6.07) is 13.6. The van der Waals surface area contributed by atoms with Gasteiger partial charge in [0.05, 0.1) is 10.6 Å². The molecule has 8 heteroatoms. The van der Waals surface area contributed by atoms with E-state index in [1.165, 1.54) is 11.8 Å². The maximum absolute atomic E-state index is 12.3. The quantitative estimate of drug-likeness (QED) is 0.513. The maximum Gasteiger partial charge on any atom is 0.234 e. The Balaban J connectivity index is 1.48. The number of fused-ring (bicyclic) bond motifs is 1. The number of carbonyl (C=O) groups excluding carboxylic acids is 1. The van der Waals surface area contributed by atoms with Gasteiger partial charge in [0.25, 0.3) is 0 Å². The SMILES string of the molecule is Cc1cccc(NC(=O)CSc2ccc3nnc(-c4cccs4)n3n2)c1C. The lowest BCUT2D eigenvalue weighted by atomic mass is 10.1. The van der Waals surface area contributed by atoms with E-state index in [0.717, 1.165) is 26.7 Å². The monoisotopic (exact) mass is 395 g/mol. The maximum atomic E-state index is 12.3. The van der Waals surface area contributed by atoms with Gasteiger partial charge in [-0.15, -0.1) is 21.5 Å². The smallest absolute Gasteiger partial charge is 0.234 e. The van der Waals surface area contributed by atoms with Crippen molar-refractivity contribution < 1.29 is 4.79 Å². The highest BCUT2D eigenvalue weighted by Crippen LogP contribution is 2.24. The van der Waals surface area contributed by atoms with E-state index >= 15 is 0 Å². The lowest BCUT2D eigenvalue weighted by Crippen LogP contribution is -2.15. The second-order valence-corrected chi connectivity index (χ2v) is 7.97. The van der Waals surface area contributed by atoms with E-state index in [0.29, 0.717) is 11.5 Å². The molecule has 0 aliphatic heterocycles. The number of nitrogens with one attached hydrogen (secondary N) is 1. The minimum atomic E-state index is -0.0576. The highest BCUT2D eigenvalue weighted by atomic mass is 32.2. The molecule has 0 saturated heterocycles. The first-order valence-electron chi connectivity index (χ1n) is 8.37. The van der Waals surface area contributed by atoms with Crippen molar-refractivity contribution in [2.75, 3.05) is 11.1 Å². The van der Waals surface area contributed by atoms with Crippen LogP contribution in [-0.2, 0) is 4.79 Å². The van der Waals surface area contributed by atoms with Crippen LogP contribution in [0.3, 0.4) is 0 Å². The molecule has 3 heterocycles. The molecule has 4 rings (SSSR count). The van der Waals surface area contributed by atoms with Crippen molar-refractivity contribution in [1.82, 2.24) is 19.8 Å². The van der Waals surface area contributed by atoms with Crippen molar-refractivity contribution in [3.63, 3.8) is 0 Å². The summed E-state index contributed by atoms with van der Waals surface area (Å²) < 4.78 is 1.72. The van der Waals surface area contributed by atoms with Crippen molar-refractivity contribution >= 4 is 40.3 Å². The van der Waals surface area contributed by atoms with Gasteiger partial charge in [0.15, 0.2) is 11.5 Å². The number of amides is 1. The van der Waals surface area contributed by atoms with Gasteiger partial charge in [0.2, 0.25) is 5.91 Å². The summed E-state index contributed by atoms with van der Waals surface area (Å²) in [5.74, 6) is 0.933. The van der Waals surface area contributed by atoms with Crippen LogP contribution in [0.1, 0.15) is 11.1 Å². The van der Waals surface area contributed by atoms with Crippen LogP contribution in [-0.4, -0.2) is 31.5 Å². The number of nitrogens with zero attached hydrogens (tertiary/aromatic N) is 4. The zero-order valence-electron chi connectivity index (χ0n) is 14.8. The first kappa shape index (κ1) is 17.7. The van der Waals surface area contributed by atoms with Gasteiger partial charge in [-0.05, 0) is 54.6 Å². The van der Waals surface area contributed by atoms with Crippen molar-refractivity contribution in [3.8, 4) is 10.7 Å². The highest BCUT2D eigenvalue weighted by Gasteiger charge is 2.12. The average Bonchev–Trinajstić information content (AvgIpc) is 3.32. The Kier molecular flexibility index (Phi) is 4.91. The van der Waals surface area contributed by atoms with Crippen LogP contribution in [0.2, 0.25) is 0 Å². The minimum absolute atomic E-state index is 0.0576. The molecule has 136 valence electrons. The van der Waals surface area contributed by atoms with Crippen LogP contribution >= 0.6 is 23.1 Å². The Morgan fingerprint density at radius 3 is 2.85 bits per heavy atom. The number of aryl methyl sites for hydroxylation is 1. The summed E-state index contributed by atoms with van der Waals surface area (Å²) in [6.07, 6.45) is 0. The molecule has 0 aliphatic carbocycles. The minimum Gasteiger partial charge on any atom is -0.325 e. The Labute approximate surface area is 164 Å². The number of carbonyl (C=O) groups is 1. The number of benzene rings is 1. The van der Waals surface area contributed by atoms with Crippen molar-refractivity contribution in [1.29, 1.82) is 0 Å². The Morgan fingerprint density at radius 2 is 2.04 bits per heavy atom. The van der Waals surface area contributed by atoms with Gasteiger partial charge in [0.1, 0.15) is 5.03 Å². The first-order chi connectivity index (χ1) is 13.1. The second kappa shape index (κ2) is 7.50. The topological polar surface area (TPSA) is 72.2 Å². The van der Waals surface area contributed by atoms with Gasteiger partial charge in [-0.25, -0.2) is 0 Å². The molecule has 0 fully saturated rings. The molecule has 27 heavy (non-hydrogen) atoms. The summed E-state index contributed by atoms with van der Waals surface area (Å²) in [5.41, 5.74) is 3.77. The molecule has 1 aromatic carbocycles. The third-order valence-corrected chi connectivity index (χ3v) is 6.00. The average molecular weight is 396 g/mol. The molecule has 3 aromatic heterocycles. The standard InChI is InChI=1S/C19H17N5OS2/c1-12-5-3-6-14(13(12)2)20-17(25)11-27-18-9-8-16-21-22-19(24(16)23-18)15-7-4-10-26-15/h3-10H,11H2,1-2H3,(H,20,25). The molecule has 4 aromatic rings. The van der Waals surface area contributed by atoms with Crippen LogP contribution in [0.4, 0.5) is 5.69 Å². The largest absolute Gasteiger partial charge is 0.325 e. The van der Waals surface area contributed by atoms with E-state index in [9.17, 15) is 4.79 Å². The fourth-order valence-electron chi connectivity index (χ4n) is 2.62. The van der Waals surface area contributed by atoms with Gasteiger partial charge in [-0.3, -0.25) is 4.79 Å². The van der Waals surface area contributed by atoms with Crippen LogP contribution in [0, 0.1) is 13.8 Å². The molecule has 1 amide bonds. The Morgan fingerprint density at radius 1 is 1.15 bits per heavy atom. The molecule has 1 N–H and O–H groups in total. The van der Waals surface area contributed by atoms with Crippen LogP contribution in [0.15, 0.2) is 52.9 Å². The van der Waals surface area contributed by atoms with E-state index < -0.39 is 0 Å². The van der Waals surface area contributed by atoms with Crippen molar-refractivity contribution in [2.24, 2.45) is 0 Å². The predicted octanol–water partition coefficient (Wildman–Crippen LogP) is 4.20. The van der Waals surface area contributed by atoms with E-state index in [2.05, 4.69) is 20.6 Å². The van der Waals surface area contributed by atoms with Gasteiger partial charge in [0, 0.05) is 5.69 Å². The summed E-state index contributed by atoms with van der Waals surface area (Å²) in [6.45, 7) is 4.04. The van der Waals surface area contributed by atoms with Gasteiger partial charge < -0.3 is 5.32 Å². The van der Waals surface area contributed by atoms with Gasteiger partial charge in [-0.2, -0.15) is 9.61 Å². The zero-order valence-corrected chi connectivity index (χ0v) is 16.5. The van der Waals surface area contributed by atoms with Gasteiger partial charge in [-0.1, -0.05) is 30.0 Å².